The molecular weight excluding hydrogens is 164 g/mol. The minimum absolute atomic E-state index is 0.168. The summed E-state index contributed by atoms with van der Waals surface area (Å²) in [5, 5.41) is 2.92. The summed E-state index contributed by atoms with van der Waals surface area (Å²) in [6.07, 6.45) is 4.24. The summed E-state index contributed by atoms with van der Waals surface area (Å²) in [7, 11) is 0. The van der Waals surface area contributed by atoms with Crippen molar-refractivity contribution in [1.29, 1.82) is 0 Å². The van der Waals surface area contributed by atoms with Crippen LogP contribution in [-0.2, 0) is 11.2 Å². The molecule has 2 rings (SSSR count). The molecule has 1 N–H and O–H groups in total. The number of carbonyl (C=O) groups excluding carboxylic acids is 1. The summed E-state index contributed by atoms with van der Waals surface area (Å²) in [6.45, 7) is 0. The number of hydrogen-bond acceptors (Lipinski definition) is 2. The minimum Gasteiger partial charge on any atom is -0.353 e. The molecule has 0 radical (unpaired) electrons. The van der Waals surface area contributed by atoms with E-state index in [-0.39, 0.29) is 5.91 Å². The normalized spacial score (nSPS) is 21.5. The monoisotopic (exact) mass is 176 g/mol. The SMILES string of the molecule is O=C1CCC(Cc2ccccn2)N1. The van der Waals surface area contributed by atoms with Crippen LogP contribution in [-0.4, -0.2) is 16.9 Å². The van der Waals surface area contributed by atoms with Gasteiger partial charge in [0.2, 0.25) is 5.91 Å². The summed E-state index contributed by atoms with van der Waals surface area (Å²) >= 11 is 0. The molecule has 0 saturated carbocycles. The van der Waals surface area contributed by atoms with Gasteiger partial charge in [-0.2, -0.15) is 0 Å². The number of hydrogen-bond donors (Lipinski definition) is 1. The second-order valence-corrected chi connectivity index (χ2v) is 3.33. The Morgan fingerprint density at radius 2 is 2.46 bits per heavy atom. The van der Waals surface area contributed by atoms with Crippen LogP contribution in [0.4, 0.5) is 0 Å². The van der Waals surface area contributed by atoms with Gasteiger partial charge in [-0.3, -0.25) is 9.78 Å². The standard InChI is InChI=1S/C10H12N2O/c13-10-5-4-9(12-10)7-8-3-1-2-6-11-8/h1-3,6,9H,4-5,7H2,(H,12,13). The predicted octanol–water partition coefficient (Wildman–Crippen LogP) is 0.903. The van der Waals surface area contributed by atoms with Crippen LogP contribution in [0, 0.1) is 0 Å². The van der Waals surface area contributed by atoms with E-state index in [0.717, 1.165) is 18.5 Å². The largest absolute Gasteiger partial charge is 0.353 e. The first kappa shape index (κ1) is 8.23. The van der Waals surface area contributed by atoms with Crippen molar-refractivity contribution in [3.05, 3.63) is 30.1 Å². The van der Waals surface area contributed by atoms with Gasteiger partial charge in [0.1, 0.15) is 0 Å². The van der Waals surface area contributed by atoms with Gasteiger partial charge in [-0.15, -0.1) is 0 Å². The molecule has 1 aromatic heterocycles. The highest BCUT2D eigenvalue weighted by molar-refractivity contribution is 5.78. The second-order valence-electron chi connectivity index (χ2n) is 3.33. The van der Waals surface area contributed by atoms with Crippen molar-refractivity contribution in [3.8, 4) is 0 Å². The second kappa shape index (κ2) is 3.56. The Labute approximate surface area is 77.2 Å². The van der Waals surface area contributed by atoms with Crippen molar-refractivity contribution in [2.45, 2.75) is 25.3 Å². The highest BCUT2D eigenvalue weighted by Gasteiger charge is 2.20. The first-order valence-electron chi connectivity index (χ1n) is 4.54. The molecule has 1 fully saturated rings. The number of nitrogens with zero attached hydrogens (tertiary/aromatic N) is 1. The van der Waals surface area contributed by atoms with Gasteiger partial charge in [0.05, 0.1) is 0 Å². The first-order valence-corrected chi connectivity index (χ1v) is 4.54. The minimum atomic E-state index is 0.168. The summed E-state index contributed by atoms with van der Waals surface area (Å²) in [4.78, 5) is 15.1. The van der Waals surface area contributed by atoms with Gasteiger partial charge in [0.15, 0.2) is 0 Å². The van der Waals surface area contributed by atoms with Crippen molar-refractivity contribution in [2.24, 2.45) is 0 Å². The van der Waals surface area contributed by atoms with Gasteiger partial charge in [0, 0.05) is 30.8 Å². The summed E-state index contributed by atoms with van der Waals surface area (Å²) < 4.78 is 0. The van der Waals surface area contributed by atoms with Crippen molar-refractivity contribution < 1.29 is 4.79 Å². The zero-order chi connectivity index (χ0) is 9.10. The molecule has 1 atom stereocenters. The molecule has 0 spiro atoms. The van der Waals surface area contributed by atoms with E-state index in [0.29, 0.717) is 12.5 Å². The van der Waals surface area contributed by atoms with E-state index in [1.165, 1.54) is 0 Å². The Hall–Kier alpha value is -1.38. The van der Waals surface area contributed by atoms with E-state index in [1.807, 2.05) is 18.2 Å². The van der Waals surface area contributed by atoms with Gasteiger partial charge in [-0.05, 0) is 18.6 Å². The van der Waals surface area contributed by atoms with Crippen molar-refractivity contribution in [3.63, 3.8) is 0 Å². The Balaban J connectivity index is 1.96. The third kappa shape index (κ3) is 2.05. The molecule has 1 amide bonds. The average Bonchev–Trinajstić information content (AvgIpc) is 2.53. The Morgan fingerprint density at radius 3 is 3.08 bits per heavy atom. The lowest BCUT2D eigenvalue weighted by Crippen LogP contribution is -2.27. The Bertz CT molecular complexity index is 297. The van der Waals surface area contributed by atoms with E-state index in [2.05, 4.69) is 10.3 Å². The third-order valence-corrected chi connectivity index (χ3v) is 2.27. The third-order valence-electron chi connectivity index (χ3n) is 2.27. The van der Waals surface area contributed by atoms with Crippen LogP contribution in [0.1, 0.15) is 18.5 Å². The van der Waals surface area contributed by atoms with Gasteiger partial charge in [-0.1, -0.05) is 6.07 Å². The molecule has 0 aliphatic carbocycles. The van der Waals surface area contributed by atoms with E-state index in [4.69, 9.17) is 0 Å². The molecule has 1 saturated heterocycles. The number of amides is 1. The topological polar surface area (TPSA) is 42.0 Å². The predicted molar refractivity (Wildman–Crippen MR) is 49.1 cm³/mol. The van der Waals surface area contributed by atoms with Crippen LogP contribution < -0.4 is 5.32 Å². The molecule has 1 aliphatic heterocycles. The van der Waals surface area contributed by atoms with Crippen LogP contribution >= 0.6 is 0 Å². The molecule has 1 aromatic rings. The van der Waals surface area contributed by atoms with Crippen LogP contribution in [0.5, 0.6) is 0 Å². The van der Waals surface area contributed by atoms with Gasteiger partial charge in [0.25, 0.3) is 0 Å². The lowest BCUT2D eigenvalue weighted by Gasteiger charge is -2.07. The maximum atomic E-state index is 10.9. The fourth-order valence-electron chi connectivity index (χ4n) is 1.60. The number of nitrogens with one attached hydrogen (secondary N) is 1. The molecule has 13 heavy (non-hydrogen) atoms. The number of pyridine rings is 1. The smallest absolute Gasteiger partial charge is 0.220 e. The van der Waals surface area contributed by atoms with Crippen LogP contribution in [0.3, 0.4) is 0 Å². The summed E-state index contributed by atoms with van der Waals surface area (Å²) in [5.41, 5.74) is 1.05. The maximum absolute atomic E-state index is 10.9. The molecule has 0 bridgehead atoms. The molecule has 0 aromatic carbocycles. The van der Waals surface area contributed by atoms with Crippen molar-refractivity contribution >= 4 is 5.91 Å². The maximum Gasteiger partial charge on any atom is 0.220 e. The molecule has 1 aliphatic rings. The molecule has 68 valence electrons. The average molecular weight is 176 g/mol. The van der Waals surface area contributed by atoms with Crippen molar-refractivity contribution in [1.82, 2.24) is 10.3 Å². The molecule has 2 heterocycles. The summed E-state index contributed by atoms with van der Waals surface area (Å²) in [6, 6.07) is 6.16. The van der Waals surface area contributed by atoms with Gasteiger partial charge >= 0.3 is 0 Å². The summed E-state index contributed by atoms with van der Waals surface area (Å²) in [5.74, 6) is 0.168. The van der Waals surface area contributed by atoms with E-state index in [1.54, 1.807) is 6.20 Å². The van der Waals surface area contributed by atoms with Gasteiger partial charge < -0.3 is 5.32 Å². The quantitative estimate of drug-likeness (QED) is 0.727. The van der Waals surface area contributed by atoms with Crippen molar-refractivity contribution in [2.75, 3.05) is 0 Å². The van der Waals surface area contributed by atoms with Gasteiger partial charge in [-0.25, -0.2) is 0 Å². The number of aromatic nitrogens is 1. The fraction of sp³-hybridized carbons (Fsp3) is 0.400. The Morgan fingerprint density at radius 1 is 1.54 bits per heavy atom. The van der Waals surface area contributed by atoms with Crippen LogP contribution in [0.15, 0.2) is 24.4 Å². The lowest BCUT2D eigenvalue weighted by atomic mass is 10.1. The van der Waals surface area contributed by atoms with Crippen LogP contribution in [0.25, 0.3) is 0 Å². The van der Waals surface area contributed by atoms with E-state index < -0.39 is 0 Å². The first-order chi connectivity index (χ1) is 6.34. The highest BCUT2D eigenvalue weighted by Crippen LogP contribution is 2.10. The number of carbonyl (C=O) groups is 1. The lowest BCUT2D eigenvalue weighted by molar-refractivity contribution is -0.119. The highest BCUT2D eigenvalue weighted by atomic mass is 16.1. The number of rotatable bonds is 2. The Kier molecular flexibility index (Phi) is 2.25. The van der Waals surface area contributed by atoms with E-state index >= 15 is 0 Å². The molecule has 3 heteroatoms. The molecular formula is C10H12N2O. The fourth-order valence-corrected chi connectivity index (χ4v) is 1.60. The van der Waals surface area contributed by atoms with Crippen LogP contribution in [0.2, 0.25) is 0 Å². The van der Waals surface area contributed by atoms with E-state index in [9.17, 15) is 4.79 Å². The molecule has 1 unspecified atom stereocenters. The zero-order valence-corrected chi connectivity index (χ0v) is 7.36. The molecule has 3 nitrogen and oxygen atoms in total. The zero-order valence-electron chi connectivity index (χ0n) is 7.36.